The van der Waals surface area contributed by atoms with Crippen molar-refractivity contribution < 1.29 is 4.79 Å². The minimum atomic E-state index is -0.0974. The van der Waals surface area contributed by atoms with Gasteiger partial charge in [-0.25, -0.2) is 0 Å². The summed E-state index contributed by atoms with van der Waals surface area (Å²) in [7, 11) is 1.77. The number of nitrogens with two attached hydrogens (primary N) is 1. The summed E-state index contributed by atoms with van der Waals surface area (Å²) < 4.78 is 1.59. The molecule has 2 rings (SSSR count). The van der Waals surface area contributed by atoms with Crippen molar-refractivity contribution in [1.82, 2.24) is 15.1 Å². The first kappa shape index (κ1) is 15.9. The van der Waals surface area contributed by atoms with Gasteiger partial charge in [-0.1, -0.05) is 33.1 Å². The zero-order valence-corrected chi connectivity index (χ0v) is 13.5. The van der Waals surface area contributed by atoms with Crippen LogP contribution >= 0.6 is 0 Å². The van der Waals surface area contributed by atoms with Crippen molar-refractivity contribution >= 4 is 11.6 Å². The second-order valence-electron chi connectivity index (χ2n) is 6.19. The van der Waals surface area contributed by atoms with E-state index >= 15 is 0 Å². The lowest BCUT2D eigenvalue weighted by molar-refractivity contribution is 0.0932. The molecule has 0 aliphatic heterocycles. The molecule has 0 saturated heterocycles. The summed E-state index contributed by atoms with van der Waals surface area (Å²) in [4.78, 5) is 12.3. The van der Waals surface area contributed by atoms with Gasteiger partial charge in [-0.15, -0.1) is 0 Å². The number of nitrogen functional groups attached to an aromatic ring is 1. The minimum Gasteiger partial charge on any atom is -0.395 e. The maximum Gasteiger partial charge on any atom is 0.271 e. The number of aromatic nitrogens is 2. The van der Waals surface area contributed by atoms with Crippen LogP contribution in [0.5, 0.6) is 0 Å². The molecular weight excluding hydrogens is 264 g/mol. The average molecular weight is 292 g/mol. The largest absolute Gasteiger partial charge is 0.395 e. The first-order valence-electron chi connectivity index (χ1n) is 8.16. The van der Waals surface area contributed by atoms with Crippen LogP contribution in [0.25, 0.3) is 0 Å². The van der Waals surface area contributed by atoms with Crippen LogP contribution in [0.15, 0.2) is 0 Å². The molecule has 0 bridgehead atoms. The third kappa shape index (κ3) is 3.57. The summed E-state index contributed by atoms with van der Waals surface area (Å²) in [6.45, 7) is 5.01. The number of anilines is 1. The summed E-state index contributed by atoms with van der Waals surface area (Å²) in [6, 6.07) is 0. The predicted octanol–water partition coefficient (Wildman–Crippen LogP) is 2.51. The molecule has 118 valence electrons. The molecular formula is C16H28N4O. The van der Waals surface area contributed by atoms with Gasteiger partial charge >= 0.3 is 0 Å². The molecule has 5 heteroatoms. The molecule has 0 atom stereocenters. The lowest BCUT2D eigenvalue weighted by atomic mass is 9.81. The molecule has 1 aliphatic carbocycles. The van der Waals surface area contributed by atoms with Crippen molar-refractivity contribution in [3.8, 4) is 0 Å². The maximum atomic E-state index is 12.3. The van der Waals surface area contributed by atoms with Crippen molar-refractivity contribution in [2.45, 2.75) is 52.4 Å². The fourth-order valence-electron chi connectivity index (χ4n) is 3.29. The molecule has 0 radical (unpaired) electrons. The van der Waals surface area contributed by atoms with E-state index in [9.17, 15) is 4.79 Å². The predicted molar refractivity (Wildman–Crippen MR) is 85.1 cm³/mol. The van der Waals surface area contributed by atoms with Crippen LogP contribution in [0.4, 0.5) is 5.69 Å². The highest BCUT2D eigenvalue weighted by molar-refractivity contribution is 5.97. The maximum absolute atomic E-state index is 12.3. The molecule has 1 aromatic rings. The van der Waals surface area contributed by atoms with E-state index in [-0.39, 0.29) is 5.91 Å². The zero-order chi connectivity index (χ0) is 15.4. The van der Waals surface area contributed by atoms with E-state index in [2.05, 4.69) is 17.3 Å². The van der Waals surface area contributed by atoms with Gasteiger partial charge in [-0.05, 0) is 31.1 Å². The van der Waals surface area contributed by atoms with Crippen LogP contribution in [-0.2, 0) is 13.5 Å². The summed E-state index contributed by atoms with van der Waals surface area (Å²) >= 11 is 0. The van der Waals surface area contributed by atoms with Gasteiger partial charge in [0.15, 0.2) is 0 Å². The molecule has 1 fully saturated rings. The van der Waals surface area contributed by atoms with Crippen LogP contribution in [0.3, 0.4) is 0 Å². The van der Waals surface area contributed by atoms with E-state index in [1.54, 1.807) is 11.7 Å². The number of rotatable bonds is 5. The number of aryl methyl sites for hydroxylation is 2. The Balaban J connectivity index is 1.89. The number of amides is 1. The molecule has 1 aliphatic rings. The van der Waals surface area contributed by atoms with Crippen molar-refractivity contribution in [3.63, 3.8) is 0 Å². The first-order chi connectivity index (χ1) is 10.1. The lowest BCUT2D eigenvalue weighted by Crippen LogP contribution is -2.32. The monoisotopic (exact) mass is 292 g/mol. The Labute approximate surface area is 127 Å². The van der Waals surface area contributed by atoms with E-state index in [0.29, 0.717) is 17.3 Å². The number of hydrogen-bond acceptors (Lipinski definition) is 3. The zero-order valence-electron chi connectivity index (χ0n) is 13.5. The van der Waals surface area contributed by atoms with E-state index in [0.717, 1.165) is 24.6 Å². The van der Waals surface area contributed by atoms with Gasteiger partial charge < -0.3 is 11.1 Å². The molecule has 5 nitrogen and oxygen atoms in total. The molecule has 0 aromatic carbocycles. The molecule has 1 saturated carbocycles. The normalized spacial score (nSPS) is 22.2. The van der Waals surface area contributed by atoms with E-state index in [4.69, 9.17) is 5.73 Å². The highest BCUT2D eigenvalue weighted by Gasteiger charge is 2.23. The van der Waals surface area contributed by atoms with Gasteiger partial charge in [-0.2, -0.15) is 5.10 Å². The third-order valence-corrected chi connectivity index (χ3v) is 4.81. The molecule has 1 heterocycles. The standard InChI is InChI=1S/C16H28N4O/c1-4-11-6-8-12(9-7-11)10-18-16(21)15-14(17)13(5-2)19-20(15)3/h11-12H,4-10,17H2,1-3H3,(H,18,21). The lowest BCUT2D eigenvalue weighted by Gasteiger charge is -2.27. The number of carbonyl (C=O) groups excluding carboxylic acids is 1. The topological polar surface area (TPSA) is 72.9 Å². The Hall–Kier alpha value is -1.52. The molecule has 0 unspecified atom stereocenters. The summed E-state index contributed by atoms with van der Waals surface area (Å²) in [6.07, 6.45) is 7.06. The summed E-state index contributed by atoms with van der Waals surface area (Å²) in [5.74, 6) is 1.40. The van der Waals surface area contributed by atoms with Crippen LogP contribution < -0.4 is 11.1 Å². The smallest absolute Gasteiger partial charge is 0.271 e. The second kappa shape index (κ2) is 6.96. The first-order valence-corrected chi connectivity index (χ1v) is 8.16. The quantitative estimate of drug-likeness (QED) is 0.875. The number of nitrogens with zero attached hydrogens (tertiary/aromatic N) is 2. The van der Waals surface area contributed by atoms with Crippen LogP contribution in [-0.4, -0.2) is 22.2 Å². The fourth-order valence-corrected chi connectivity index (χ4v) is 3.29. The molecule has 0 spiro atoms. The Morgan fingerprint density at radius 1 is 1.29 bits per heavy atom. The van der Waals surface area contributed by atoms with Crippen LogP contribution in [0.1, 0.15) is 62.1 Å². The molecule has 3 N–H and O–H groups in total. The Morgan fingerprint density at radius 2 is 1.90 bits per heavy atom. The number of carbonyl (C=O) groups is 1. The van der Waals surface area contributed by atoms with Crippen molar-refractivity contribution in [2.24, 2.45) is 18.9 Å². The van der Waals surface area contributed by atoms with E-state index in [1.807, 2.05) is 6.92 Å². The summed E-state index contributed by atoms with van der Waals surface area (Å²) in [5.41, 5.74) is 7.83. The number of hydrogen-bond donors (Lipinski definition) is 2. The van der Waals surface area contributed by atoms with Gasteiger partial charge in [0.2, 0.25) is 0 Å². The highest BCUT2D eigenvalue weighted by Crippen LogP contribution is 2.30. The van der Waals surface area contributed by atoms with Gasteiger partial charge in [0.1, 0.15) is 5.69 Å². The van der Waals surface area contributed by atoms with Crippen LogP contribution in [0, 0.1) is 11.8 Å². The SMILES string of the molecule is CCc1nn(C)c(C(=O)NCC2CCC(CC)CC2)c1N. The van der Waals surface area contributed by atoms with Crippen molar-refractivity contribution in [1.29, 1.82) is 0 Å². The molecule has 1 amide bonds. The Morgan fingerprint density at radius 3 is 2.43 bits per heavy atom. The van der Waals surface area contributed by atoms with Gasteiger partial charge in [0.05, 0.1) is 11.4 Å². The Bertz CT molecular complexity index is 487. The third-order valence-electron chi connectivity index (χ3n) is 4.81. The molecule has 1 aromatic heterocycles. The fraction of sp³-hybridized carbons (Fsp3) is 0.750. The minimum absolute atomic E-state index is 0.0974. The second-order valence-corrected chi connectivity index (χ2v) is 6.19. The van der Waals surface area contributed by atoms with Gasteiger partial charge in [-0.3, -0.25) is 9.48 Å². The summed E-state index contributed by atoms with van der Waals surface area (Å²) in [5, 5.41) is 7.34. The molecule has 21 heavy (non-hydrogen) atoms. The van der Waals surface area contributed by atoms with E-state index < -0.39 is 0 Å². The van der Waals surface area contributed by atoms with Gasteiger partial charge in [0, 0.05) is 13.6 Å². The van der Waals surface area contributed by atoms with E-state index in [1.165, 1.54) is 32.1 Å². The van der Waals surface area contributed by atoms with Gasteiger partial charge in [0.25, 0.3) is 5.91 Å². The van der Waals surface area contributed by atoms with Crippen molar-refractivity contribution in [3.05, 3.63) is 11.4 Å². The number of nitrogens with one attached hydrogen (secondary N) is 1. The van der Waals surface area contributed by atoms with Crippen LogP contribution in [0.2, 0.25) is 0 Å². The Kier molecular flexibility index (Phi) is 5.26. The highest BCUT2D eigenvalue weighted by atomic mass is 16.2. The van der Waals surface area contributed by atoms with Crippen molar-refractivity contribution in [2.75, 3.05) is 12.3 Å². The average Bonchev–Trinajstić information content (AvgIpc) is 2.79.